The van der Waals surface area contributed by atoms with Gasteiger partial charge in [-0.25, -0.2) is 4.68 Å². The molecule has 0 saturated heterocycles. The minimum absolute atomic E-state index is 0.0661. The van der Waals surface area contributed by atoms with E-state index >= 15 is 0 Å². The Morgan fingerprint density at radius 3 is 2.38 bits per heavy atom. The molecular weight excluding hydrogens is 490 g/mol. The fourth-order valence-corrected chi connectivity index (χ4v) is 4.26. The van der Waals surface area contributed by atoms with Crippen molar-refractivity contribution >= 4 is 29.1 Å². The minimum atomic E-state index is -0.694. The number of hydrogen-bond acceptors (Lipinski definition) is 6. The van der Waals surface area contributed by atoms with Gasteiger partial charge in [0.1, 0.15) is 6.33 Å². The number of aromatic nitrogens is 4. The highest BCUT2D eigenvalue weighted by molar-refractivity contribution is 6.30. The number of nitrogens with zero attached hydrogens (tertiary/aromatic N) is 4. The van der Waals surface area contributed by atoms with Crippen LogP contribution in [0.1, 0.15) is 51.6 Å². The highest BCUT2D eigenvalue weighted by Crippen LogP contribution is 2.21. The fourth-order valence-electron chi connectivity index (χ4n) is 4.07. The lowest BCUT2D eigenvalue weighted by Gasteiger charge is -2.18. The average Bonchev–Trinajstić information content (AvgIpc) is 3.44. The van der Waals surface area contributed by atoms with E-state index in [9.17, 15) is 14.4 Å². The molecule has 0 unspecified atom stereocenters. The molecule has 0 radical (unpaired) electrons. The van der Waals surface area contributed by atoms with E-state index in [1.165, 1.54) is 13.3 Å². The molecule has 0 spiro atoms. The van der Waals surface area contributed by atoms with E-state index in [-0.39, 0.29) is 23.9 Å². The van der Waals surface area contributed by atoms with Crippen molar-refractivity contribution in [3.8, 4) is 5.69 Å². The normalized spacial score (nSPS) is 11.6. The van der Waals surface area contributed by atoms with Crippen LogP contribution in [0.2, 0.25) is 5.02 Å². The Bertz CT molecular complexity index is 1370. The molecule has 4 rings (SSSR count). The van der Waals surface area contributed by atoms with E-state index in [1.54, 1.807) is 35.0 Å². The number of amides is 1. The van der Waals surface area contributed by atoms with Crippen LogP contribution in [0.15, 0.2) is 79.1 Å². The third-order valence-electron chi connectivity index (χ3n) is 6.04. The van der Waals surface area contributed by atoms with Gasteiger partial charge >= 0.3 is 0 Å². The van der Waals surface area contributed by atoms with Gasteiger partial charge < -0.3 is 5.32 Å². The zero-order valence-electron chi connectivity index (χ0n) is 20.3. The lowest BCUT2D eigenvalue weighted by Crippen LogP contribution is -2.42. The summed E-state index contributed by atoms with van der Waals surface area (Å²) in [7, 11) is 0. The summed E-state index contributed by atoms with van der Waals surface area (Å²) < 4.78 is 1.56. The van der Waals surface area contributed by atoms with Crippen LogP contribution >= 0.6 is 11.6 Å². The Balaban J connectivity index is 1.45. The highest BCUT2D eigenvalue weighted by Gasteiger charge is 2.22. The molecule has 188 valence electrons. The number of hydrogen-bond donors (Lipinski definition) is 1. The van der Waals surface area contributed by atoms with Gasteiger partial charge in [-0.3, -0.25) is 14.4 Å². The number of tetrazole rings is 1. The van der Waals surface area contributed by atoms with Gasteiger partial charge in [0.15, 0.2) is 11.6 Å². The zero-order chi connectivity index (χ0) is 26.2. The van der Waals surface area contributed by atoms with Crippen LogP contribution in [0.25, 0.3) is 5.69 Å². The first-order chi connectivity index (χ1) is 17.9. The maximum atomic E-state index is 13.3. The second kappa shape index (κ2) is 12.2. The number of nitrogens with one attached hydrogen (secondary N) is 1. The van der Waals surface area contributed by atoms with E-state index < -0.39 is 6.04 Å². The number of rotatable bonds is 11. The second-order valence-corrected chi connectivity index (χ2v) is 9.13. The molecule has 0 aliphatic heterocycles. The number of ketones is 2. The Kier molecular flexibility index (Phi) is 8.53. The summed E-state index contributed by atoms with van der Waals surface area (Å²) >= 11 is 6.21. The number of carbonyl (C=O) groups excluding carboxylic acids is 3. The van der Waals surface area contributed by atoms with Crippen LogP contribution in [0.3, 0.4) is 0 Å². The van der Waals surface area contributed by atoms with Crippen molar-refractivity contribution in [2.45, 2.75) is 38.6 Å². The summed E-state index contributed by atoms with van der Waals surface area (Å²) in [6.07, 6.45) is 3.29. The molecular formula is C28H26ClN5O3. The van der Waals surface area contributed by atoms with Crippen LogP contribution in [-0.2, 0) is 17.6 Å². The minimum Gasteiger partial charge on any atom is -0.342 e. The molecule has 37 heavy (non-hydrogen) atoms. The van der Waals surface area contributed by atoms with Crippen molar-refractivity contribution in [3.63, 3.8) is 0 Å². The molecule has 0 saturated carbocycles. The molecule has 1 amide bonds. The fraction of sp³-hybridized carbons (Fsp3) is 0.214. The van der Waals surface area contributed by atoms with E-state index in [4.69, 9.17) is 11.6 Å². The molecule has 1 atom stereocenters. The third kappa shape index (κ3) is 6.95. The largest absolute Gasteiger partial charge is 0.342 e. The van der Waals surface area contributed by atoms with Gasteiger partial charge in [0, 0.05) is 22.6 Å². The SMILES string of the molecule is CC(=O)c1ccc(C(=O)N[C@@H](Cc2ccccc2)C(=O)CCCc2cc(Cl)ccc2-n2cnnn2)cc1. The Hall–Kier alpha value is -4.17. The molecule has 1 heterocycles. The number of Topliss-reactive ketones (excluding diaryl/α,β-unsaturated/α-hetero) is 2. The third-order valence-corrected chi connectivity index (χ3v) is 6.27. The molecule has 0 aliphatic rings. The molecule has 4 aromatic rings. The molecule has 1 N–H and O–H groups in total. The quantitative estimate of drug-likeness (QED) is 0.296. The van der Waals surface area contributed by atoms with Crippen molar-refractivity contribution in [3.05, 3.63) is 106 Å². The van der Waals surface area contributed by atoms with Gasteiger partial charge in [-0.05, 0) is 78.1 Å². The molecule has 9 heteroatoms. The zero-order valence-corrected chi connectivity index (χ0v) is 21.1. The van der Waals surface area contributed by atoms with Gasteiger partial charge in [-0.15, -0.1) is 5.10 Å². The summed E-state index contributed by atoms with van der Waals surface area (Å²) in [6, 6.07) is 20.7. The van der Waals surface area contributed by atoms with Gasteiger partial charge in [0.2, 0.25) is 0 Å². The predicted molar refractivity (Wildman–Crippen MR) is 140 cm³/mol. The van der Waals surface area contributed by atoms with Crippen LogP contribution in [0.5, 0.6) is 0 Å². The summed E-state index contributed by atoms with van der Waals surface area (Å²) in [6.45, 7) is 1.47. The summed E-state index contributed by atoms with van der Waals surface area (Å²) in [4.78, 5) is 37.8. The standard InChI is InChI=1S/C28H26ClN5O3/c1-19(35)21-10-12-22(13-11-21)28(37)31-25(16-20-6-3-2-4-7-20)27(36)9-5-8-23-17-24(29)14-15-26(23)34-18-30-32-33-34/h2-4,6-7,10-15,17-18,25H,5,8-9,16H2,1H3,(H,31,37)/t25-/m0/s1. The van der Waals surface area contributed by atoms with E-state index in [2.05, 4.69) is 20.8 Å². The highest BCUT2D eigenvalue weighted by atomic mass is 35.5. The summed E-state index contributed by atoms with van der Waals surface area (Å²) in [5, 5.41) is 14.8. The van der Waals surface area contributed by atoms with Gasteiger partial charge in [0.25, 0.3) is 5.91 Å². The van der Waals surface area contributed by atoms with Crippen LogP contribution < -0.4 is 5.32 Å². The van der Waals surface area contributed by atoms with Gasteiger partial charge in [0.05, 0.1) is 11.7 Å². The number of benzene rings is 3. The molecule has 0 bridgehead atoms. The number of halogens is 1. The Labute approximate surface area is 219 Å². The maximum absolute atomic E-state index is 13.3. The maximum Gasteiger partial charge on any atom is 0.251 e. The predicted octanol–water partition coefficient (Wildman–Crippen LogP) is 4.45. The molecule has 0 aliphatic carbocycles. The second-order valence-electron chi connectivity index (χ2n) is 8.70. The van der Waals surface area contributed by atoms with Crippen molar-refractivity contribution in [2.75, 3.05) is 0 Å². The molecule has 8 nitrogen and oxygen atoms in total. The molecule has 0 fully saturated rings. The van der Waals surface area contributed by atoms with Crippen molar-refractivity contribution < 1.29 is 14.4 Å². The number of carbonyl (C=O) groups is 3. The molecule has 3 aromatic carbocycles. The Morgan fingerprint density at radius 1 is 0.973 bits per heavy atom. The van der Waals surface area contributed by atoms with Gasteiger partial charge in [-0.1, -0.05) is 54.1 Å². The summed E-state index contributed by atoms with van der Waals surface area (Å²) in [5.41, 5.74) is 3.58. The van der Waals surface area contributed by atoms with Crippen molar-refractivity contribution in [1.29, 1.82) is 0 Å². The smallest absolute Gasteiger partial charge is 0.251 e. The topological polar surface area (TPSA) is 107 Å². The lowest BCUT2D eigenvalue weighted by atomic mass is 9.97. The van der Waals surface area contributed by atoms with E-state index in [1.807, 2.05) is 42.5 Å². The van der Waals surface area contributed by atoms with E-state index in [0.717, 1.165) is 16.8 Å². The summed E-state index contributed by atoms with van der Waals surface area (Å²) in [5.74, 6) is -0.504. The number of aryl methyl sites for hydroxylation is 1. The monoisotopic (exact) mass is 515 g/mol. The lowest BCUT2D eigenvalue weighted by molar-refractivity contribution is -0.121. The van der Waals surface area contributed by atoms with Crippen LogP contribution in [-0.4, -0.2) is 43.7 Å². The van der Waals surface area contributed by atoms with Crippen LogP contribution in [0.4, 0.5) is 0 Å². The Morgan fingerprint density at radius 2 is 1.70 bits per heavy atom. The van der Waals surface area contributed by atoms with Crippen molar-refractivity contribution in [2.24, 2.45) is 0 Å². The van der Waals surface area contributed by atoms with E-state index in [0.29, 0.717) is 35.4 Å². The molecule has 1 aromatic heterocycles. The van der Waals surface area contributed by atoms with Crippen molar-refractivity contribution in [1.82, 2.24) is 25.5 Å². The first-order valence-corrected chi connectivity index (χ1v) is 12.3. The van der Waals surface area contributed by atoms with Gasteiger partial charge in [-0.2, -0.15) is 0 Å². The first kappa shape index (κ1) is 25.9. The first-order valence-electron chi connectivity index (χ1n) is 11.9. The average molecular weight is 516 g/mol. The van der Waals surface area contributed by atoms with Crippen LogP contribution in [0, 0.1) is 0 Å².